The highest BCUT2D eigenvalue weighted by Gasteiger charge is 2.11. The van der Waals surface area contributed by atoms with Crippen molar-refractivity contribution in [2.45, 2.75) is 26.9 Å². The molecule has 7 nitrogen and oxygen atoms in total. The van der Waals surface area contributed by atoms with Crippen LogP contribution in [0, 0.1) is 6.92 Å². The number of rotatable bonds is 5. The summed E-state index contributed by atoms with van der Waals surface area (Å²) in [6.45, 7) is 4.99. The SMILES string of the molecule is CCn1cnnc1CNc1cc(C)ncc1C(=O)O. The van der Waals surface area contributed by atoms with Crippen LogP contribution in [-0.2, 0) is 13.1 Å². The van der Waals surface area contributed by atoms with E-state index in [1.165, 1.54) is 6.20 Å². The number of aromatic carboxylic acids is 1. The molecule has 0 atom stereocenters. The van der Waals surface area contributed by atoms with Crippen molar-refractivity contribution in [1.29, 1.82) is 0 Å². The lowest BCUT2D eigenvalue weighted by atomic mass is 10.2. The number of carboxylic acids is 1. The molecule has 19 heavy (non-hydrogen) atoms. The first-order valence-electron chi connectivity index (χ1n) is 5.92. The Bertz CT molecular complexity index is 594. The second-order valence-corrected chi connectivity index (χ2v) is 4.06. The summed E-state index contributed by atoms with van der Waals surface area (Å²) in [4.78, 5) is 15.1. The van der Waals surface area contributed by atoms with E-state index in [9.17, 15) is 4.79 Å². The number of carbonyl (C=O) groups is 1. The Morgan fingerprint density at radius 1 is 1.53 bits per heavy atom. The van der Waals surface area contributed by atoms with Gasteiger partial charge in [-0.1, -0.05) is 0 Å². The number of aryl methyl sites for hydroxylation is 2. The minimum absolute atomic E-state index is 0.146. The molecule has 2 aromatic heterocycles. The first kappa shape index (κ1) is 13.0. The van der Waals surface area contributed by atoms with E-state index in [0.717, 1.165) is 18.1 Å². The third kappa shape index (κ3) is 2.87. The number of nitrogens with one attached hydrogen (secondary N) is 1. The third-order valence-corrected chi connectivity index (χ3v) is 2.74. The zero-order valence-electron chi connectivity index (χ0n) is 10.8. The van der Waals surface area contributed by atoms with Crippen LogP contribution in [0.3, 0.4) is 0 Å². The summed E-state index contributed by atoms with van der Waals surface area (Å²) in [5, 5.41) is 20.0. The molecule has 0 unspecified atom stereocenters. The third-order valence-electron chi connectivity index (χ3n) is 2.74. The van der Waals surface area contributed by atoms with Crippen molar-refractivity contribution in [2.75, 3.05) is 5.32 Å². The highest BCUT2D eigenvalue weighted by atomic mass is 16.4. The number of anilines is 1. The van der Waals surface area contributed by atoms with Crippen LogP contribution in [0.4, 0.5) is 5.69 Å². The van der Waals surface area contributed by atoms with Gasteiger partial charge in [0.25, 0.3) is 0 Å². The molecular weight excluding hydrogens is 246 g/mol. The number of aromatic nitrogens is 4. The normalized spacial score (nSPS) is 10.4. The van der Waals surface area contributed by atoms with Crippen LogP contribution in [0.15, 0.2) is 18.6 Å². The summed E-state index contributed by atoms with van der Waals surface area (Å²) < 4.78 is 1.89. The van der Waals surface area contributed by atoms with E-state index in [4.69, 9.17) is 5.11 Å². The highest BCUT2D eigenvalue weighted by molar-refractivity contribution is 5.93. The average molecular weight is 261 g/mol. The van der Waals surface area contributed by atoms with Crippen molar-refractivity contribution in [1.82, 2.24) is 19.7 Å². The maximum atomic E-state index is 11.1. The zero-order chi connectivity index (χ0) is 13.8. The Hall–Kier alpha value is -2.44. The largest absolute Gasteiger partial charge is 0.478 e. The fourth-order valence-electron chi connectivity index (χ4n) is 1.73. The van der Waals surface area contributed by atoms with Crippen molar-refractivity contribution in [3.05, 3.63) is 35.7 Å². The van der Waals surface area contributed by atoms with E-state index in [1.807, 2.05) is 18.4 Å². The van der Waals surface area contributed by atoms with Crippen molar-refractivity contribution in [3.63, 3.8) is 0 Å². The van der Waals surface area contributed by atoms with Gasteiger partial charge in [-0.2, -0.15) is 0 Å². The van der Waals surface area contributed by atoms with Crippen LogP contribution >= 0.6 is 0 Å². The monoisotopic (exact) mass is 261 g/mol. The van der Waals surface area contributed by atoms with Crippen LogP contribution in [0.2, 0.25) is 0 Å². The topological polar surface area (TPSA) is 92.9 Å². The van der Waals surface area contributed by atoms with Gasteiger partial charge in [0.05, 0.1) is 12.2 Å². The molecular formula is C12H15N5O2. The van der Waals surface area contributed by atoms with Gasteiger partial charge in [0.1, 0.15) is 11.9 Å². The van der Waals surface area contributed by atoms with Crippen LogP contribution in [0.1, 0.15) is 28.8 Å². The smallest absolute Gasteiger partial charge is 0.339 e. The molecule has 2 rings (SSSR count). The molecule has 0 bridgehead atoms. The first-order valence-corrected chi connectivity index (χ1v) is 5.92. The van der Waals surface area contributed by atoms with E-state index in [2.05, 4.69) is 20.5 Å². The van der Waals surface area contributed by atoms with Gasteiger partial charge in [0.2, 0.25) is 0 Å². The van der Waals surface area contributed by atoms with Crippen LogP contribution < -0.4 is 5.32 Å². The highest BCUT2D eigenvalue weighted by Crippen LogP contribution is 2.16. The lowest BCUT2D eigenvalue weighted by molar-refractivity contribution is 0.0697. The summed E-state index contributed by atoms with van der Waals surface area (Å²) in [6, 6.07) is 1.70. The Kier molecular flexibility index (Phi) is 3.74. The molecule has 0 aliphatic heterocycles. The van der Waals surface area contributed by atoms with Crippen molar-refractivity contribution in [2.24, 2.45) is 0 Å². The fraction of sp³-hybridized carbons (Fsp3) is 0.333. The second kappa shape index (κ2) is 5.47. The second-order valence-electron chi connectivity index (χ2n) is 4.06. The summed E-state index contributed by atoms with van der Waals surface area (Å²) in [5.74, 6) is -0.250. The molecule has 0 fully saturated rings. The van der Waals surface area contributed by atoms with Gasteiger partial charge in [0.15, 0.2) is 5.82 Å². The standard InChI is InChI=1S/C12H15N5O2/c1-3-17-7-15-16-11(17)6-14-10-4-8(2)13-5-9(10)12(18)19/h4-5,7H,3,6H2,1-2H3,(H,13,14)(H,18,19). The number of nitrogens with zero attached hydrogens (tertiary/aromatic N) is 4. The molecule has 2 heterocycles. The predicted molar refractivity (Wildman–Crippen MR) is 69.0 cm³/mol. The molecule has 0 saturated carbocycles. The van der Waals surface area contributed by atoms with Crippen LogP contribution in [0.25, 0.3) is 0 Å². The average Bonchev–Trinajstić information content (AvgIpc) is 2.83. The number of hydrogen-bond acceptors (Lipinski definition) is 5. The maximum Gasteiger partial charge on any atom is 0.339 e. The van der Waals surface area contributed by atoms with Crippen molar-refractivity contribution < 1.29 is 9.90 Å². The lowest BCUT2D eigenvalue weighted by Crippen LogP contribution is -2.11. The lowest BCUT2D eigenvalue weighted by Gasteiger charge is -2.10. The van der Waals surface area contributed by atoms with Crippen molar-refractivity contribution in [3.8, 4) is 0 Å². The quantitative estimate of drug-likeness (QED) is 0.843. The number of carboxylic acid groups (broad SMARTS) is 1. The van der Waals surface area contributed by atoms with E-state index in [1.54, 1.807) is 12.4 Å². The first-order chi connectivity index (χ1) is 9.11. The molecule has 0 aliphatic carbocycles. The summed E-state index contributed by atoms with van der Waals surface area (Å²) in [6.07, 6.45) is 3.00. The Balaban J connectivity index is 2.19. The Morgan fingerprint density at radius 2 is 2.32 bits per heavy atom. The van der Waals surface area contributed by atoms with Gasteiger partial charge in [0, 0.05) is 18.4 Å². The molecule has 0 amide bonds. The molecule has 7 heteroatoms. The van der Waals surface area contributed by atoms with Gasteiger partial charge in [-0.15, -0.1) is 10.2 Å². The van der Waals surface area contributed by atoms with E-state index in [-0.39, 0.29) is 5.56 Å². The minimum Gasteiger partial charge on any atom is -0.478 e. The fourth-order valence-corrected chi connectivity index (χ4v) is 1.73. The Morgan fingerprint density at radius 3 is 3.00 bits per heavy atom. The molecule has 2 aromatic rings. The molecule has 0 saturated heterocycles. The molecule has 2 N–H and O–H groups in total. The zero-order valence-corrected chi connectivity index (χ0v) is 10.8. The molecule has 0 spiro atoms. The molecule has 0 aliphatic rings. The van der Waals surface area contributed by atoms with E-state index >= 15 is 0 Å². The van der Waals surface area contributed by atoms with Gasteiger partial charge in [-0.05, 0) is 19.9 Å². The number of hydrogen-bond donors (Lipinski definition) is 2. The summed E-state index contributed by atoms with van der Waals surface area (Å²) in [5.41, 5.74) is 1.43. The maximum absolute atomic E-state index is 11.1. The van der Waals surface area contributed by atoms with Crippen molar-refractivity contribution >= 4 is 11.7 Å². The molecule has 0 radical (unpaired) electrons. The van der Waals surface area contributed by atoms with E-state index in [0.29, 0.717) is 12.2 Å². The Labute approximate surface area is 110 Å². The van der Waals surface area contributed by atoms with Gasteiger partial charge in [-0.25, -0.2) is 4.79 Å². The van der Waals surface area contributed by atoms with E-state index < -0.39 is 5.97 Å². The molecule has 0 aromatic carbocycles. The van der Waals surface area contributed by atoms with Gasteiger partial charge in [-0.3, -0.25) is 4.98 Å². The summed E-state index contributed by atoms with van der Waals surface area (Å²) >= 11 is 0. The van der Waals surface area contributed by atoms with Gasteiger partial charge < -0.3 is 15.0 Å². The van der Waals surface area contributed by atoms with Gasteiger partial charge >= 0.3 is 5.97 Å². The summed E-state index contributed by atoms with van der Waals surface area (Å²) in [7, 11) is 0. The molecule has 100 valence electrons. The van der Waals surface area contributed by atoms with Crippen LogP contribution in [-0.4, -0.2) is 30.8 Å². The minimum atomic E-state index is -1.01. The number of pyridine rings is 1. The predicted octanol–water partition coefficient (Wildman–Crippen LogP) is 1.31. The van der Waals surface area contributed by atoms with Crippen LogP contribution in [0.5, 0.6) is 0 Å².